The van der Waals surface area contributed by atoms with E-state index in [1.54, 1.807) is 18.6 Å². The van der Waals surface area contributed by atoms with Crippen LogP contribution in [0.25, 0.3) is 11.5 Å². The van der Waals surface area contributed by atoms with E-state index in [1.807, 2.05) is 23.4 Å². The van der Waals surface area contributed by atoms with E-state index < -0.39 is 11.6 Å². The summed E-state index contributed by atoms with van der Waals surface area (Å²) in [6.07, 6.45) is 4.76. The maximum atomic E-state index is 13.3. The number of anilines is 1. The number of hydrogen-bond donors (Lipinski definition) is 0. The number of rotatable bonds is 7. The summed E-state index contributed by atoms with van der Waals surface area (Å²) in [5, 5.41) is 8.43. The molecule has 0 aliphatic heterocycles. The molecule has 2 aromatic heterocycles. The molecule has 0 aliphatic carbocycles. The fraction of sp³-hybridized carbons (Fsp3) is 0.294. The van der Waals surface area contributed by atoms with Crippen molar-refractivity contribution >= 4 is 5.95 Å². The number of halogens is 2. The van der Waals surface area contributed by atoms with Crippen LogP contribution >= 0.6 is 0 Å². The van der Waals surface area contributed by atoms with Crippen LogP contribution in [-0.4, -0.2) is 44.9 Å². The van der Waals surface area contributed by atoms with E-state index in [4.69, 9.17) is 4.74 Å². The Labute approximate surface area is 149 Å². The summed E-state index contributed by atoms with van der Waals surface area (Å²) in [6, 6.07) is 3.43. The molecule has 0 amide bonds. The Hall–Kier alpha value is -3.10. The van der Waals surface area contributed by atoms with Crippen molar-refractivity contribution in [3.8, 4) is 17.3 Å². The summed E-state index contributed by atoms with van der Waals surface area (Å²) in [5.74, 6) is -0.390. The van der Waals surface area contributed by atoms with E-state index >= 15 is 0 Å². The van der Waals surface area contributed by atoms with Gasteiger partial charge in [0.1, 0.15) is 18.1 Å². The van der Waals surface area contributed by atoms with Gasteiger partial charge in [-0.05, 0) is 19.1 Å². The van der Waals surface area contributed by atoms with Crippen LogP contribution in [0.2, 0.25) is 0 Å². The van der Waals surface area contributed by atoms with Gasteiger partial charge in [-0.1, -0.05) is 0 Å². The SMILES string of the molecule is CCN(C)c1nnc(-c2cnccn2)n1CCOc1ccc(F)c(F)c1. The van der Waals surface area contributed by atoms with E-state index in [1.165, 1.54) is 6.07 Å². The molecule has 0 radical (unpaired) electrons. The standard InChI is InChI=1S/C17H18F2N6O/c1-3-24(2)17-23-22-16(15-11-20-6-7-21-15)25(17)8-9-26-12-4-5-13(18)14(19)10-12/h4-7,10-11H,3,8-9H2,1-2H3. The maximum Gasteiger partial charge on any atom is 0.227 e. The third-order valence-corrected chi connectivity index (χ3v) is 3.81. The van der Waals surface area contributed by atoms with Gasteiger partial charge in [0.25, 0.3) is 0 Å². The molecule has 26 heavy (non-hydrogen) atoms. The van der Waals surface area contributed by atoms with Gasteiger partial charge in [0, 0.05) is 32.1 Å². The molecule has 136 valence electrons. The number of aromatic nitrogens is 5. The molecule has 0 spiro atoms. The normalized spacial score (nSPS) is 10.8. The Morgan fingerprint density at radius 2 is 2.00 bits per heavy atom. The van der Waals surface area contributed by atoms with Crippen molar-refractivity contribution < 1.29 is 13.5 Å². The quantitative estimate of drug-likeness (QED) is 0.645. The highest BCUT2D eigenvalue weighted by Crippen LogP contribution is 2.20. The van der Waals surface area contributed by atoms with Crippen molar-refractivity contribution in [1.29, 1.82) is 0 Å². The van der Waals surface area contributed by atoms with E-state index in [2.05, 4.69) is 20.2 Å². The Morgan fingerprint density at radius 1 is 1.15 bits per heavy atom. The smallest absolute Gasteiger partial charge is 0.227 e. The van der Waals surface area contributed by atoms with Gasteiger partial charge in [0.15, 0.2) is 17.5 Å². The van der Waals surface area contributed by atoms with Crippen LogP contribution in [0, 0.1) is 11.6 Å². The third kappa shape index (κ3) is 3.76. The topological polar surface area (TPSA) is 69.0 Å². The second-order valence-corrected chi connectivity index (χ2v) is 5.50. The van der Waals surface area contributed by atoms with Crippen molar-refractivity contribution in [1.82, 2.24) is 24.7 Å². The minimum atomic E-state index is -0.946. The Bertz CT molecular complexity index is 871. The van der Waals surface area contributed by atoms with Crippen molar-refractivity contribution in [2.75, 3.05) is 25.1 Å². The average molecular weight is 360 g/mol. The molecule has 0 aliphatic rings. The molecular weight excluding hydrogens is 342 g/mol. The van der Waals surface area contributed by atoms with Crippen molar-refractivity contribution in [3.05, 3.63) is 48.4 Å². The van der Waals surface area contributed by atoms with E-state index in [0.29, 0.717) is 24.0 Å². The minimum Gasteiger partial charge on any atom is -0.492 e. The predicted octanol–water partition coefficient (Wildman–Crippen LogP) is 2.55. The highest BCUT2D eigenvalue weighted by atomic mass is 19.2. The first-order valence-corrected chi connectivity index (χ1v) is 8.08. The van der Waals surface area contributed by atoms with Gasteiger partial charge in [0.2, 0.25) is 5.95 Å². The van der Waals surface area contributed by atoms with Gasteiger partial charge in [-0.25, -0.2) is 13.8 Å². The van der Waals surface area contributed by atoms with Crippen molar-refractivity contribution in [3.63, 3.8) is 0 Å². The molecule has 0 fully saturated rings. The highest BCUT2D eigenvalue weighted by Gasteiger charge is 2.17. The zero-order valence-corrected chi connectivity index (χ0v) is 14.4. The van der Waals surface area contributed by atoms with E-state index in [0.717, 1.165) is 18.7 Å². The Balaban J connectivity index is 1.80. The van der Waals surface area contributed by atoms with Gasteiger partial charge < -0.3 is 9.64 Å². The lowest BCUT2D eigenvalue weighted by Gasteiger charge is -2.18. The number of hydrogen-bond acceptors (Lipinski definition) is 6. The molecule has 7 nitrogen and oxygen atoms in total. The minimum absolute atomic E-state index is 0.223. The Morgan fingerprint density at radius 3 is 2.69 bits per heavy atom. The molecule has 0 saturated carbocycles. The summed E-state index contributed by atoms with van der Waals surface area (Å²) in [7, 11) is 1.90. The molecule has 1 aromatic carbocycles. The zero-order chi connectivity index (χ0) is 18.5. The molecule has 3 aromatic rings. The maximum absolute atomic E-state index is 13.3. The largest absolute Gasteiger partial charge is 0.492 e. The lowest BCUT2D eigenvalue weighted by molar-refractivity contribution is 0.296. The van der Waals surface area contributed by atoms with Gasteiger partial charge in [0.05, 0.1) is 12.7 Å². The molecule has 0 unspecified atom stereocenters. The second-order valence-electron chi connectivity index (χ2n) is 5.50. The van der Waals surface area contributed by atoms with Crippen molar-refractivity contribution in [2.45, 2.75) is 13.5 Å². The van der Waals surface area contributed by atoms with Gasteiger partial charge >= 0.3 is 0 Å². The Kier molecular flexibility index (Phi) is 5.35. The summed E-state index contributed by atoms with van der Waals surface area (Å²) in [5.41, 5.74) is 0.587. The van der Waals surface area contributed by atoms with Crippen LogP contribution in [0.4, 0.5) is 14.7 Å². The van der Waals surface area contributed by atoms with Gasteiger partial charge in [-0.15, -0.1) is 10.2 Å². The lowest BCUT2D eigenvalue weighted by Crippen LogP contribution is -2.22. The van der Waals surface area contributed by atoms with E-state index in [-0.39, 0.29) is 12.4 Å². The molecule has 3 rings (SSSR count). The average Bonchev–Trinajstić information content (AvgIpc) is 3.08. The lowest BCUT2D eigenvalue weighted by atomic mass is 10.3. The van der Waals surface area contributed by atoms with Crippen LogP contribution in [0.15, 0.2) is 36.8 Å². The summed E-state index contributed by atoms with van der Waals surface area (Å²) < 4.78 is 33.7. The number of ether oxygens (including phenoxy) is 1. The molecule has 0 bridgehead atoms. The van der Waals surface area contributed by atoms with Crippen LogP contribution in [-0.2, 0) is 6.54 Å². The monoisotopic (exact) mass is 360 g/mol. The first-order chi connectivity index (χ1) is 12.6. The van der Waals surface area contributed by atoms with Crippen molar-refractivity contribution in [2.24, 2.45) is 0 Å². The number of nitrogens with zero attached hydrogens (tertiary/aromatic N) is 6. The number of benzene rings is 1. The van der Waals surface area contributed by atoms with Crippen LogP contribution in [0.5, 0.6) is 5.75 Å². The fourth-order valence-electron chi connectivity index (χ4n) is 2.35. The summed E-state index contributed by atoms with van der Waals surface area (Å²) in [6.45, 7) is 3.36. The van der Waals surface area contributed by atoms with E-state index in [9.17, 15) is 8.78 Å². The van der Waals surface area contributed by atoms with Crippen LogP contribution in [0.1, 0.15) is 6.92 Å². The first-order valence-electron chi connectivity index (χ1n) is 8.08. The summed E-state index contributed by atoms with van der Waals surface area (Å²) in [4.78, 5) is 10.3. The molecule has 2 heterocycles. The molecular formula is C17H18F2N6O. The second kappa shape index (κ2) is 7.85. The molecule has 0 saturated heterocycles. The van der Waals surface area contributed by atoms with Gasteiger partial charge in [-0.2, -0.15) is 0 Å². The molecule has 0 atom stereocenters. The zero-order valence-electron chi connectivity index (χ0n) is 14.4. The summed E-state index contributed by atoms with van der Waals surface area (Å²) >= 11 is 0. The van der Waals surface area contributed by atoms with Gasteiger partial charge in [-0.3, -0.25) is 9.55 Å². The predicted molar refractivity (Wildman–Crippen MR) is 91.8 cm³/mol. The molecule has 0 N–H and O–H groups in total. The van der Waals surface area contributed by atoms with Crippen LogP contribution in [0.3, 0.4) is 0 Å². The fourth-order valence-corrected chi connectivity index (χ4v) is 2.35. The third-order valence-electron chi connectivity index (χ3n) is 3.81. The molecule has 9 heteroatoms. The highest BCUT2D eigenvalue weighted by molar-refractivity contribution is 5.51. The first kappa shape index (κ1) is 17.7. The van der Waals surface area contributed by atoms with Crippen LogP contribution < -0.4 is 9.64 Å².